The van der Waals surface area contributed by atoms with Crippen molar-refractivity contribution in [3.63, 3.8) is 0 Å². The Labute approximate surface area is 195 Å². The van der Waals surface area contributed by atoms with Gasteiger partial charge in [-0.05, 0) is 54.8 Å². The molecule has 1 saturated heterocycles. The molecule has 1 aliphatic heterocycles. The molecule has 1 aromatic rings. The second kappa shape index (κ2) is 16.0. The molecule has 0 saturated carbocycles. The third-order valence-electron chi connectivity index (χ3n) is 4.54. The molecular formula is C24H34N4O3S. The number of benzene rings is 1. The van der Waals surface area contributed by atoms with Crippen LogP contribution in [-0.4, -0.2) is 49.3 Å². The summed E-state index contributed by atoms with van der Waals surface area (Å²) in [5.74, 6) is 2.77. The van der Waals surface area contributed by atoms with E-state index in [-0.39, 0.29) is 24.9 Å². The molecule has 7 nitrogen and oxygen atoms in total. The maximum absolute atomic E-state index is 11.3. The number of hydrogen-bond acceptors (Lipinski definition) is 5. The molecule has 174 valence electrons. The summed E-state index contributed by atoms with van der Waals surface area (Å²) in [5.41, 5.74) is 8.60. The predicted molar refractivity (Wildman–Crippen MR) is 131 cm³/mol. The van der Waals surface area contributed by atoms with Crippen LogP contribution in [0, 0.1) is 11.2 Å². The minimum absolute atomic E-state index is 0.0145. The summed E-state index contributed by atoms with van der Waals surface area (Å²) in [6.07, 6.45) is 3.72. The third kappa shape index (κ3) is 10.5. The number of likely N-dealkylation sites (tertiary alicyclic amines) is 1. The highest BCUT2D eigenvalue weighted by atomic mass is 32.2. The van der Waals surface area contributed by atoms with Gasteiger partial charge in [0.2, 0.25) is 18.2 Å². The summed E-state index contributed by atoms with van der Waals surface area (Å²) in [5, 5.41) is 8.23. The molecule has 0 spiro atoms. The van der Waals surface area contributed by atoms with E-state index in [4.69, 9.17) is 5.73 Å². The van der Waals surface area contributed by atoms with Crippen molar-refractivity contribution in [1.29, 1.82) is 0 Å². The largest absolute Gasteiger partial charge is 0.355 e. The van der Waals surface area contributed by atoms with Crippen molar-refractivity contribution in [2.45, 2.75) is 46.6 Å². The Bertz CT molecular complexity index is 831. The van der Waals surface area contributed by atoms with E-state index in [2.05, 4.69) is 47.8 Å². The second-order valence-corrected chi connectivity index (χ2v) is 8.14. The number of carbonyl (C=O) groups is 3. The number of amides is 3. The van der Waals surface area contributed by atoms with Gasteiger partial charge in [0.15, 0.2) is 0 Å². The standard InChI is InChI=1S/C16H19NOS.C8H15N3O2/c1-4-5-10-19-16(13(2)3)15-8-6-14(7-9-15)11-17-12-18;9-5-7(12)10-6-8(13)11-3-1-2-4-11/h6-9,12H,4,11H2,1-3H3,(H,17,18);1-6,9H2,(H,10,12). The lowest BCUT2D eigenvalue weighted by Gasteiger charge is -2.14. The lowest BCUT2D eigenvalue weighted by atomic mass is 10.1. The van der Waals surface area contributed by atoms with E-state index < -0.39 is 0 Å². The molecule has 0 aliphatic carbocycles. The van der Waals surface area contributed by atoms with Crippen molar-refractivity contribution in [1.82, 2.24) is 15.5 Å². The zero-order valence-corrected chi connectivity index (χ0v) is 20.0. The van der Waals surface area contributed by atoms with Gasteiger partial charge in [-0.25, -0.2) is 0 Å². The summed E-state index contributed by atoms with van der Waals surface area (Å²) in [4.78, 5) is 35.3. The monoisotopic (exact) mass is 458 g/mol. The van der Waals surface area contributed by atoms with Gasteiger partial charge in [0.05, 0.1) is 13.1 Å². The van der Waals surface area contributed by atoms with Gasteiger partial charge >= 0.3 is 0 Å². The van der Waals surface area contributed by atoms with Crippen molar-refractivity contribution < 1.29 is 14.4 Å². The summed E-state index contributed by atoms with van der Waals surface area (Å²) >= 11 is 1.58. The number of nitrogens with two attached hydrogens (primary N) is 1. The molecule has 0 bridgehead atoms. The Balaban J connectivity index is 0.000000343. The van der Waals surface area contributed by atoms with Gasteiger partial charge in [0.1, 0.15) is 0 Å². The fourth-order valence-electron chi connectivity index (χ4n) is 2.87. The highest BCUT2D eigenvalue weighted by Crippen LogP contribution is 2.30. The molecule has 3 amide bonds. The average Bonchev–Trinajstić information content (AvgIpc) is 3.34. The van der Waals surface area contributed by atoms with Crippen LogP contribution in [-0.2, 0) is 20.9 Å². The van der Waals surface area contributed by atoms with E-state index in [1.807, 2.05) is 19.1 Å². The lowest BCUT2D eigenvalue weighted by Crippen LogP contribution is -2.40. The molecule has 1 heterocycles. The van der Waals surface area contributed by atoms with E-state index in [1.54, 1.807) is 16.7 Å². The van der Waals surface area contributed by atoms with Crippen molar-refractivity contribution in [3.8, 4) is 11.2 Å². The van der Waals surface area contributed by atoms with E-state index >= 15 is 0 Å². The molecule has 2 rings (SSSR count). The minimum Gasteiger partial charge on any atom is -0.355 e. The van der Waals surface area contributed by atoms with Crippen molar-refractivity contribution >= 4 is 34.9 Å². The lowest BCUT2D eigenvalue weighted by molar-refractivity contribution is -0.131. The van der Waals surface area contributed by atoms with Crippen molar-refractivity contribution in [2.75, 3.05) is 26.2 Å². The van der Waals surface area contributed by atoms with Gasteiger partial charge in [0.25, 0.3) is 0 Å². The number of hydrogen-bond donors (Lipinski definition) is 3. The average molecular weight is 459 g/mol. The van der Waals surface area contributed by atoms with Crippen molar-refractivity contribution in [3.05, 3.63) is 41.0 Å². The summed E-state index contributed by atoms with van der Waals surface area (Å²) in [6.45, 7) is 8.45. The first-order valence-corrected chi connectivity index (χ1v) is 11.6. The zero-order valence-electron chi connectivity index (χ0n) is 19.2. The fourth-order valence-corrected chi connectivity index (χ4v) is 3.64. The van der Waals surface area contributed by atoms with Gasteiger partial charge in [-0.2, -0.15) is 0 Å². The third-order valence-corrected chi connectivity index (χ3v) is 5.64. The predicted octanol–water partition coefficient (Wildman–Crippen LogP) is 2.47. The maximum atomic E-state index is 11.3. The molecule has 1 fully saturated rings. The molecule has 0 aromatic heterocycles. The molecule has 0 unspecified atom stereocenters. The van der Waals surface area contributed by atoms with Crippen LogP contribution >= 0.6 is 11.8 Å². The number of rotatable bonds is 8. The molecule has 1 aliphatic rings. The number of nitrogens with one attached hydrogen (secondary N) is 2. The van der Waals surface area contributed by atoms with E-state index in [0.29, 0.717) is 13.0 Å². The molecule has 32 heavy (non-hydrogen) atoms. The summed E-state index contributed by atoms with van der Waals surface area (Å²) in [7, 11) is 0. The fraction of sp³-hybridized carbons (Fsp3) is 0.458. The Morgan fingerprint density at radius 1 is 1.19 bits per heavy atom. The van der Waals surface area contributed by atoms with Crippen LogP contribution in [0.1, 0.15) is 51.2 Å². The van der Waals surface area contributed by atoms with Crippen LogP contribution in [0.4, 0.5) is 0 Å². The highest BCUT2D eigenvalue weighted by Gasteiger charge is 2.17. The van der Waals surface area contributed by atoms with Gasteiger partial charge in [-0.15, -0.1) is 0 Å². The first kappa shape index (κ1) is 27.3. The van der Waals surface area contributed by atoms with E-state index in [1.165, 1.54) is 16.0 Å². The van der Waals surface area contributed by atoms with E-state index in [0.717, 1.165) is 37.9 Å². The normalized spacial score (nSPS) is 11.9. The molecule has 8 heteroatoms. The zero-order chi connectivity index (χ0) is 23.8. The van der Waals surface area contributed by atoms with Crippen LogP contribution in [0.25, 0.3) is 4.91 Å². The van der Waals surface area contributed by atoms with Crippen molar-refractivity contribution in [2.24, 2.45) is 5.73 Å². The molecule has 4 N–H and O–H groups in total. The van der Waals surface area contributed by atoms with Crippen LogP contribution in [0.15, 0.2) is 29.8 Å². The number of thioether (sulfide) groups is 1. The van der Waals surface area contributed by atoms with Gasteiger partial charge in [0, 0.05) is 31.0 Å². The quantitative estimate of drug-likeness (QED) is 0.410. The molecule has 1 aromatic carbocycles. The van der Waals surface area contributed by atoms with Gasteiger partial charge in [-0.3, -0.25) is 14.4 Å². The Morgan fingerprint density at radius 3 is 2.38 bits per heavy atom. The van der Waals surface area contributed by atoms with E-state index in [9.17, 15) is 14.4 Å². The highest BCUT2D eigenvalue weighted by molar-refractivity contribution is 8.12. The molecule has 0 atom stereocenters. The molecular weight excluding hydrogens is 424 g/mol. The van der Waals surface area contributed by atoms with Crippen LogP contribution < -0.4 is 16.4 Å². The number of carbonyl (C=O) groups excluding carboxylic acids is 3. The maximum Gasteiger partial charge on any atom is 0.241 e. The summed E-state index contributed by atoms with van der Waals surface area (Å²) < 4.78 is 0. The Hall–Kier alpha value is -2.76. The summed E-state index contributed by atoms with van der Waals surface area (Å²) in [6, 6.07) is 8.21. The second-order valence-electron chi connectivity index (χ2n) is 7.33. The first-order valence-electron chi connectivity index (χ1n) is 10.8. The number of allylic oxidation sites excluding steroid dienone is 1. The number of nitrogens with zero attached hydrogens (tertiary/aromatic N) is 1. The van der Waals surface area contributed by atoms with Gasteiger partial charge < -0.3 is 21.3 Å². The molecule has 0 radical (unpaired) electrons. The first-order chi connectivity index (χ1) is 15.4. The Morgan fingerprint density at radius 2 is 1.84 bits per heavy atom. The minimum atomic E-state index is -0.285. The topological polar surface area (TPSA) is 105 Å². The van der Waals surface area contributed by atoms with Gasteiger partial charge in [-0.1, -0.05) is 42.7 Å². The van der Waals surface area contributed by atoms with Crippen LogP contribution in [0.5, 0.6) is 0 Å². The smallest absolute Gasteiger partial charge is 0.241 e. The van der Waals surface area contributed by atoms with Crippen LogP contribution in [0.3, 0.4) is 0 Å². The Kier molecular flexibility index (Phi) is 13.6. The SMILES string of the molecule is CCC#CSC(=C(C)C)c1ccc(CNC=O)cc1.NCC(=O)NCC(=O)N1CCCC1. The van der Waals surface area contributed by atoms with Crippen LogP contribution in [0.2, 0.25) is 0 Å².